The fourth-order valence-electron chi connectivity index (χ4n) is 1.80. The summed E-state index contributed by atoms with van der Waals surface area (Å²) >= 11 is 0. The molecule has 0 aromatic rings. The number of carbonyl (C=O) groups excluding carboxylic acids is 1. The van der Waals surface area contributed by atoms with Crippen LogP contribution in [0.3, 0.4) is 0 Å². The van der Waals surface area contributed by atoms with Crippen molar-refractivity contribution in [3.05, 3.63) is 0 Å². The number of hydrogen-bond donors (Lipinski definition) is 0. The monoisotopic (exact) mass is 235 g/mol. The van der Waals surface area contributed by atoms with Crippen molar-refractivity contribution in [2.24, 2.45) is 0 Å². The second-order valence-electron chi connectivity index (χ2n) is 5.08. The molecule has 1 saturated carbocycles. The molecule has 0 aromatic heterocycles. The van der Waals surface area contributed by atoms with E-state index in [-0.39, 0.29) is 13.2 Å². The standard InChI is InChI=1S/C10H15F2NO3/c1-9(2,3)16-8(14)13-4-5-15-7-6(13)10(7,11)12/h6-7H,4-5H2,1-3H3/t6-,7-/m1/s1. The third-order valence-electron chi connectivity index (χ3n) is 2.54. The summed E-state index contributed by atoms with van der Waals surface area (Å²) in [6.07, 6.45) is -1.84. The summed E-state index contributed by atoms with van der Waals surface area (Å²) in [6, 6.07) is -1.14. The highest BCUT2D eigenvalue weighted by Crippen LogP contribution is 2.50. The highest BCUT2D eigenvalue weighted by molar-refractivity contribution is 5.70. The van der Waals surface area contributed by atoms with E-state index in [9.17, 15) is 13.6 Å². The molecule has 2 atom stereocenters. The molecule has 2 aliphatic rings. The molecule has 92 valence electrons. The zero-order chi connectivity index (χ0) is 12.1. The predicted molar refractivity (Wildman–Crippen MR) is 51.4 cm³/mol. The van der Waals surface area contributed by atoms with Gasteiger partial charge in [-0.3, -0.25) is 4.90 Å². The molecule has 0 spiro atoms. The zero-order valence-corrected chi connectivity index (χ0v) is 9.50. The summed E-state index contributed by atoms with van der Waals surface area (Å²) in [5, 5.41) is 0. The Morgan fingerprint density at radius 3 is 2.69 bits per heavy atom. The molecule has 2 rings (SSSR count). The first-order valence-corrected chi connectivity index (χ1v) is 5.22. The van der Waals surface area contributed by atoms with Crippen molar-refractivity contribution in [1.29, 1.82) is 0 Å². The smallest absolute Gasteiger partial charge is 0.410 e. The number of hydrogen-bond acceptors (Lipinski definition) is 3. The molecule has 4 nitrogen and oxygen atoms in total. The van der Waals surface area contributed by atoms with E-state index in [1.165, 1.54) is 0 Å². The Kier molecular flexibility index (Phi) is 2.38. The molecule has 0 bridgehead atoms. The van der Waals surface area contributed by atoms with Crippen molar-refractivity contribution in [2.75, 3.05) is 13.2 Å². The number of carbonyl (C=O) groups is 1. The summed E-state index contributed by atoms with van der Waals surface area (Å²) in [4.78, 5) is 12.7. The number of halogens is 2. The van der Waals surface area contributed by atoms with Gasteiger partial charge in [-0.05, 0) is 20.8 Å². The molecule has 0 radical (unpaired) electrons. The van der Waals surface area contributed by atoms with Gasteiger partial charge in [0.05, 0.1) is 6.61 Å². The fraction of sp³-hybridized carbons (Fsp3) is 0.900. The Morgan fingerprint density at radius 2 is 2.12 bits per heavy atom. The maximum Gasteiger partial charge on any atom is 0.410 e. The molecule has 1 heterocycles. The number of ether oxygens (including phenoxy) is 2. The second kappa shape index (κ2) is 3.29. The van der Waals surface area contributed by atoms with Gasteiger partial charge in [-0.2, -0.15) is 0 Å². The Labute approximate surface area is 92.5 Å². The maximum atomic E-state index is 13.2. The van der Waals surface area contributed by atoms with Gasteiger partial charge in [0.1, 0.15) is 17.7 Å². The van der Waals surface area contributed by atoms with Crippen molar-refractivity contribution < 1.29 is 23.0 Å². The SMILES string of the molecule is CC(C)(C)OC(=O)N1CCO[C@@H]2[C@@H]1C2(F)F. The van der Waals surface area contributed by atoms with Crippen LogP contribution in [0.15, 0.2) is 0 Å². The molecule has 0 aromatic carbocycles. The maximum absolute atomic E-state index is 13.2. The van der Waals surface area contributed by atoms with E-state index < -0.39 is 29.8 Å². The van der Waals surface area contributed by atoms with Gasteiger partial charge in [-0.1, -0.05) is 0 Å². The van der Waals surface area contributed by atoms with Crippen LogP contribution < -0.4 is 0 Å². The lowest BCUT2D eigenvalue weighted by atomic mass is 10.2. The van der Waals surface area contributed by atoms with Crippen LogP contribution in [0.1, 0.15) is 20.8 Å². The highest BCUT2D eigenvalue weighted by atomic mass is 19.3. The van der Waals surface area contributed by atoms with E-state index in [1.807, 2.05) is 0 Å². The minimum absolute atomic E-state index is 0.135. The van der Waals surface area contributed by atoms with Crippen LogP contribution in [0.4, 0.5) is 13.6 Å². The number of nitrogens with zero attached hydrogens (tertiary/aromatic N) is 1. The Balaban J connectivity index is 2.02. The molecule has 2 fully saturated rings. The quantitative estimate of drug-likeness (QED) is 0.640. The lowest BCUT2D eigenvalue weighted by Gasteiger charge is -2.28. The first-order valence-electron chi connectivity index (χ1n) is 5.22. The van der Waals surface area contributed by atoms with Crippen LogP contribution >= 0.6 is 0 Å². The van der Waals surface area contributed by atoms with E-state index in [0.717, 1.165) is 4.90 Å². The van der Waals surface area contributed by atoms with Gasteiger partial charge in [0.15, 0.2) is 0 Å². The normalized spacial score (nSPS) is 31.9. The Bertz CT molecular complexity index is 314. The minimum Gasteiger partial charge on any atom is -0.444 e. The lowest BCUT2D eigenvalue weighted by molar-refractivity contribution is -0.0102. The van der Waals surface area contributed by atoms with Crippen LogP contribution in [0.5, 0.6) is 0 Å². The van der Waals surface area contributed by atoms with Crippen LogP contribution in [0.25, 0.3) is 0 Å². The van der Waals surface area contributed by atoms with Gasteiger partial charge >= 0.3 is 6.09 Å². The average Bonchev–Trinajstić information content (AvgIpc) is 2.67. The number of morpholine rings is 1. The van der Waals surface area contributed by atoms with Crippen LogP contribution in [0, 0.1) is 0 Å². The number of amides is 1. The summed E-state index contributed by atoms with van der Waals surface area (Å²) in [5.74, 6) is -2.92. The second-order valence-corrected chi connectivity index (χ2v) is 5.08. The third kappa shape index (κ3) is 1.86. The molecule has 1 saturated heterocycles. The van der Waals surface area contributed by atoms with Gasteiger partial charge in [0.2, 0.25) is 0 Å². The highest BCUT2D eigenvalue weighted by Gasteiger charge is 2.75. The molecule has 0 N–H and O–H groups in total. The van der Waals surface area contributed by atoms with E-state index in [2.05, 4.69) is 0 Å². The summed E-state index contributed by atoms with van der Waals surface area (Å²) in [7, 11) is 0. The number of rotatable bonds is 0. The molecular formula is C10H15F2NO3. The molecular weight excluding hydrogens is 220 g/mol. The Morgan fingerprint density at radius 1 is 1.50 bits per heavy atom. The van der Waals surface area contributed by atoms with Crippen molar-refractivity contribution >= 4 is 6.09 Å². The van der Waals surface area contributed by atoms with Gasteiger partial charge in [0, 0.05) is 6.54 Å². The van der Waals surface area contributed by atoms with Crippen LogP contribution in [-0.2, 0) is 9.47 Å². The van der Waals surface area contributed by atoms with Crippen molar-refractivity contribution in [3.8, 4) is 0 Å². The molecule has 1 aliphatic heterocycles. The first-order chi connectivity index (χ1) is 7.23. The minimum atomic E-state index is -2.92. The lowest BCUT2D eigenvalue weighted by Crippen LogP contribution is -2.44. The van der Waals surface area contributed by atoms with E-state index >= 15 is 0 Å². The van der Waals surface area contributed by atoms with Gasteiger partial charge in [0.25, 0.3) is 5.92 Å². The molecule has 1 aliphatic carbocycles. The van der Waals surface area contributed by atoms with Gasteiger partial charge in [-0.15, -0.1) is 0 Å². The Hall–Kier alpha value is -0.910. The molecule has 6 heteroatoms. The van der Waals surface area contributed by atoms with Gasteiger partial charge < -0.3 is 9.47 Å². The fourth-order valence-corrected chi connectivity index (χ4v) is 1.80. The summed E-state index contributed by atoms with van der Waals surface area (Å²) in [5.41, 5.74) is -0.672. The number of fused-ring (bicyclic) bond motifs is 1. The van der Waals surface area contributed by atoms with E-state index in [1.54, 1.807) is 20.8 Å². The number of alkyl halides is 2. The van der Waals surface area contributed by atoms with E-state index in [0.29, 0.717) is 0 Å². The average molecular weight is 235 g/mol. The first kappa shape index (κ1) is 11.6. The third-order valence-corrected chi connectivity index (χ3v) is 2.54. The van der Waals surface area contributed by atoms with Crippen molar-refractivity contribution in [1.82, 2.24) is 4.90 Å². The van der Waals surface area contributed by atoms with E-state index in [4.69, 9.17) is 9.47 Å². The summed E-state index contributed by atoms with van der Waals surface area (Å²) in [6.45, 7) is 5.40. The van der Waals surface area contributed by atoms with Gasteiger partial charge in [-0.25, -0.2) is 13.6 Å². The largest absolute Gasteiger partial charge is 0.444 e. The summed E-state index contributed by atoms with van der Waals surface area (Å²) < 4.78 is 36.3. The van der Waals surface area contributed by atoms with Crippen LogP contribution in [0.2, 0.25) is 0 Å². The molecule has 0 unspecified atom stereocenters. The van der Waals surface area contributed by atoms with Crippen molar-refractivity contribution in [2.45, 2.75) is 44.4 Å². The van der Waals surface area contributed by atoms with Crippen molar-refractivity contribution in [3.63, 3.8) is 0 Å². The molecule has 1 amide bonds. The molecule has 16 heavy (non-hydrogen) atoms. The zero-order valence-electron chi connectivity index (χ0n) is 9.50. The van der Waals surface area contributed by atoms with Crippen LogP contribution in [-0.4, -0.2) is 47.8 Å². The predicted octanol–water partition coefficient (Wildman–Crippen LogP) is 1.64. The topological polar surface area (TPSA) is 38.8 Å².